The van der Waals surface area contributed by atoms with Gasteiger partial charge in [-0.3, -0.25) is 4.79 Å². The van der Waals surface area contributed by atoms with Crippen molar-refractivity contribution >= 4 is 17.4 Å². The van der Waals surface area contributed by atoms with Gasteiger partial charge in [0.05, 0.1) is 0 Å². The number of hydrogen-bond acceptors (Lipinski definition) is 1. The number of ketones is 1. The minimum atomic E-state index is -0.324. The second-order valence-electron chi connectivity index (χ2n) is 3.90. The monoisotopic (exact) mass is 190 g/mol. The van der Waals surface area contributed by atoms with Crippen LogP contribution in [0, 0.1) is 5.41 Å². The largest absolute Gasteiger partial charge is 0.299 e. The van der Waals surface area contributed by atoms with Gasteiger partial charge in [0.2, 0.25) is 0 Å². The molecular weight excluding hydrogens is 172 g/mol. The highest BCUT2D eigenvalue weighted by atomic mass is 35.5. The van der Waals surface area contributed by atoms with Crippen LogP contribution in [0.4, 0.5) is 0 Å². The molecule has 72 valence electrons. The fourth-order valence-corrected chi connectivity index (χ4v) is 1.10. The van der Waals surface area contributed by atoms with Gasteiger partial charge in [-0.05, 0) is 6.42 Å². The molecular formula is C10H19ClO. The number of carbonyl (C=O) groups is 1. The van der Waals surface area contributed by atoms with Crippen molar-refractivity contribution in [3.63, 3.8) is 0 Å². The van der Waals surface area contributed by atoms with Crippen LogP contribution in [0.2, 0.25) is 0 Å². The summed E-state index contributed by atoms with van der Waals surface area (Å²) in [6.45, 7) is 5.96. The number of carbonyl (C=O) groups excluding carboxylic acids is 1. The van der Waals surface area contributed by atoms with Gasteiger partial charge in [-0.25, -0.2) is 0 Å². The van der Waals surface area contributed by atoms with E-state index in [0.29, 0.717) is 18.1 Å². The van der Waals surface area contributed by atoms with E-state index in [1.165, 1.54) is 0 Å². The Labute approximate surface area is 80.5 Å². The Hall–Kier alpha value is -0.0400. The van der Waals surface area contributed by atoms with Gasteiger partial charge in [0, 0.05) is 17.7 Å². The van der Waals surface area contributed by atoms with E-state index >= 15 is 0 Å². The van der Waals surface area contributed by atoms with Gasteiger partial charge in [0.25, 0.3) is 0 Å². The number of unbranched alkanes of at least 4 members (excludes halogenated alkanes) is 2. The summed E-state index contributed by atoms with van der Waals surface area (Å²) < 4.78 is 0. The van der Waals surface area contributed by atoms with Gasteiger partial charge < -0.3 is 0 Å². The summed E-state index contributed by atoms with van der Waals surface area (Å²) in [5.74, 6) is 0.726. The third kappa shape index (κ3) is 4.10. The van der Waals surface area contributed by atoms with Gasteiger partial charge in [0.15, 0.2) is 0 Å². The van der Waals surface area contributed by atoms with E-state index in [-0.39, 0.29) is 5.41 Å². The Balaban J connectivity index is 3.72. The maximum absolute atomic E-state index is 11.5. The van der Waals surface area contributed by atoms with E-state index in [1.807, 2.05) is 13.8 Å². The van der Waals surface area contributed by atoms with Gasteiger partial charge in [0.1, 0.15) is 5.78 Å². The number of halogens is 1. The Morgan fingerprint density at radius 1 is 1.33 bits per heavy atom. The Morgan fingerprint density at radius 3 is 2.33 bits per heavy atom. The summed E-state index contributed by atoms with van der Waals surface area (Å²) in [5, 5.41) is 0. The molecule has 0 aromatic carbocycles. The van der Waals surface area contributed by atoms with Crippen LogP contribution in [0.15, 0.2) is 0 Å². The zero-order valence-corrected chi connectivity index (χ0v) is 9.08. The molecule has 0 spiro atoms. The second-order valence-corrected chi connectivity index (χ2v) is 4.17. The van der Waals surface area contributed by atoms with E-state index in [0.717, 1.165) is 19.3 Å². The number of alkyl halides is 1. The summed E-state index contributed by atoms with van der Waals surface area (Å²) in [5.41, 5.74) is -0.324. The standard InChI is InChI=1S/C10H19ClO/c1-4-5-6-7-9(12)10(2,3)8-11/h4-8H2,1-3H3. The highest BCUT2D eigenvalue weighted by Gasteiger charge is 2.25. The van der Waals surface area contributed by atoms with Gasteiger partial charge in [-0.1, -0.05) is 33.6 Å². The predicted octanol–water partition coefficient (Wildman–Crippen LogP) is 3.40. The van der Waals surface area contributed by atoms with Crippen LogP contribution in [0.3, 0.4) is 0 Å². The minimum Gasteiger partial charge on any atom is -0.299 e. The summed E-state index contributed by atoms with van der Waals surface area (Å²) >= 11 is 5.68. The highest BCUT2D eigenvalue weighted by molar-refractivity contribution is 6.19. The Bertz CT molecular complexity index is 141. The lowest BCUT2D eigenvalue weighted by Gasteiger charge is -2.19. The lowest BCUT2D eigenvalue weighted by molar-refractivity contribution is -0.126. The van der Waals surface area contributed by atoms with E-state index in [1.54, 1.807) is 0 Å². The van der Waals surface area contributed by atoms with Crippen molar-refractivity contribution < 1.29 is 4.79 Å². The van der Waals surface area contributed by atoms with E-state index < -0.39 is 0 Å². The smallest absolute Gasteiger partial charge is 0.139 e. The molecule has 0 aliphatic heterocycles. The van der Waals surface area contributed by atoms with Gasteiger partial charge in [-0.15, -0.1) is 11.6 Å². The zero-order valence-electron chi connectivity index (χ0n) is 8.32. The molecule has 0 fully saturated rings. The van der Waals surface area contributed by atoms with E-state index in [4.69, 9.17) is 11.6 Å². The first-order valence-corrected chi connectivity index (χ1v) is 5.17. The predicted molar refractivity (Wildman–Crippen MR) is 53.7 cm³/mol. The molecule has 0 atom stereocenters. The third-order valence-electron chi connectivity index (χ3n) is 2.10. The van der Waals surface area contributed by atoms with E-state index in [2.05, 4.69) is 6.92 Å². The fourth-order valence-electron chi connectivity index (χ4n) is 0.948. The van der Waals surface area contributed by atoms with Crippen molar-refractivity contribution in [1.82, 2.24) is 0 Å². The Kier molecular flexibility index (Phi) is 5.56. The molecule has 0 aromatic rings. The van der Waals surface area contributed by atoms with Crippen molar-refractivity contribution in [1.29, 1.82) is 0 Å². The molecule has 0 unspecified atom stereocenters. The fraction of sp³-hybridized carbons (Fsp3) is 0.900. The quantitative estimate of drug-likeness (QED) is 0.464. The second kappa shape index (κ2) is 5.58. The summed E-state index contributed by atoms with van der Waals surface area (Å²) in [4.78, 5) is 11.5. The topological polar surface area (TPSA) is 17.1 Å². The molecule has 0 N–H and O–H groups in total. The van der Waals surface area contributed by atoms with Crippen LogP contribution < -0.4 is 0 Å². The average molecular weight is 191 g/mol. The maximum atomic E-state index is 11.5. The molecule has 0 radical (unpaired) electrons. The molecule has 0 aliphatic carbocycles. The highest BCUT2D eigenvalue weighted by Crippen LogP contribution is 2.21. The number of hydrogen-bond donors (Lipinski definition) is 0. The number of Topliss-reactive ketones (excluding diaryl/α,β-unsaturated/α-hetero) is 1. The molecule has 0 aromatic heterocycles. The molecule has 0 aliphatic rings. The molecule has 0 amide bonds. The van der Waals surface area contributed by atoms with Crippen LogP contribution in [0.5, 0.6) is 0 Å². The molecule has 0 bridgehead atoms. The van der Waals surface area contributed by atoms with Crippen molar-refractivity contribution in [2.75, 3.05) is 5.88 Å². The zero-order chi connectivity index (χ0) is 9.61. The first-order valence-electron chi connectivity index (χ1n) is 4.64. The lowest BCUT2D eigenvalue weighted by Crippen LogP contribution is -2.25. The lowest BCUT2D eigenvalue weighted by atomic mass is 9.87. The average Bonchev–Trinajstić information content (AvgIpc) is 2.05. The van der Waals surface area contributed by atoms with Crippen molar-refractivity contribution in [3.05, 3.63) is 0 Å². The van der Waals surface area contributed by atoms with Crippen LogP contribution in [0.25, 0.3) is 0 Å². The summed E-state index contributed by atoms with van der Waals surface area (Å²) in [6.07, 6.45) is 4.00. The van der Waals surface area contributed by atoms with Crippen LogP contribution in [-0.2, 0) is 4.79 Å². The van der Waals surface area contributed by atoms with Gasteiger partial charge >= 0.3 is 0 Å². The van der Waals surface area contributed by atoms with E-state index in [9.17, 15) is 4.79 Å². The number of rotatable bonds is 6. The summed E-state index contributed by atoms with van der Waals surface area (Å²) in [6, 6.07) is 0. The van der Waals surface area contributed by atoms with Crippen LogP contribution >= 0.6 is 11.6 Å². The molecule has 2 heteroatoms. The molecule has 1 nitrogen and oxygen atoms in total. The molecule has 12 heavy (non-hydrogen) atoms. The maximum Gasteiger partial charge on any atom is 0.139 e. The minimum absolute atomic E-state index is 0.297. The molecule has 0 rings (SSSR count). The summed E-state index contributed by atoms with van der Waals surface area (Å²) in [7, 11) is 0. The SMILES string of the molecule is CCCCCC(=O)C(C)(C)CCl. The van der Waals surface area contributed by atoms with Crippen LogP contribution in [-0.4, -0.2) is 11.7 Å². The molecule has 0 saturated carbocycles. The first kappa shape index (κ1) is 12.0. The Morgan fingerprint density at radius 2 is 1.92 bits per heavy atom. The third-order valence-corrected chi connectivity index (χ3v) is 2.76. The molecule has 0 saturated heterocycles. The van der Waals surface area contributed by atoms with Crippen molar-refractivity contribution in [2.45, 2.75) is 46.5 Å². The van der Waals surface area contributed by atoms with Crippen molar-refractivity contribution in [2.24, 2.45) is 5.41 Å². The normalized spacial score (nSPS) is 11.7. The first-order chi connectivity index (χ1) is 5.54. The van der Waals surface area contributed by atoms with Gasteiger partial charge in [-0.2, -0.15) is 0 Å². The molecule has 0 heterocycles. The van der Waals surface area contributed by atoms with Crippen LogP contribution in [0.1, 0.15) is 46.5 Å². The van der Waals surface area contributed by atoms with Crippen molar-refractivity contribution in [3.8, 4) is 0 Å².